The van der Waals surface area contributed by atoms with Gasteiger partial charge in [-0.3, -0.25) is 4.79 Å². The van der Waals surface area contributed by atoms with E-state index < -0.39 is 11.5 Å². The van der Waals surface area contributed by atoms with E-state index >= 15 is 0 Å². The Morgan fingerprint density at radius 1 is 1.80 bits per heavy atom. The van der Waals surface area contributed by atoms with E-state index in [1.165, 1.54) is 0 Å². The number of primary amides is 1. The lowest BCUT2D eigenvalue weighted by molar-refractivity contribution is -0.144. The lowest BCUT2D eigenvalue weighted by Crippen LogP contribution is -2.55. The fraction of sp³-hybridized carbons (Fsp3) is 0.833. The van der Waals surface area contributed by atoms with E-state index in [-0.39, 0.29) is 0 Å². The van der Waals surface area contributed by atoms with E-state index in [4.69, 9.17) is 10.5 Å². The molecule has 1 heterocycles. The zero-order chi connectivity index (χ0) is 7.61. The number of hydrogen-bond donors (Lipinski definition) is 2. The molecule has 3 N–H and O–H groups in total. The molecule has 0 aromatic rings. The number of nitrogens with two attached hydrogens (primary N) is 1. The predicted octanol–water partition coefficient (Wildman–Crippen LogP) is -1.15. The van der Waals surface area contributed by atoms with Crippen LogP contribution >= 0.6 is 0 Å². The van der Waals surface area contributed by atoms with Gasteiger partial charge in [-0.2, -0.15) is 0 Å². The van der Waals surface area contributed by atoms with E-state index in [9.17, 15) is 4.79 Å². The summed E-state index contributed by atoms with van der Waals surface area (Å²) < 4.78 is 5.19. The van der Waals surface area contributed by atoms with Crippen molar-refractivity contribution in [3.63, 3.8) is 0 Å². The first-order valence-electron chi connectivity index (χ1n) is 3.30. The van der Waals surface area contributed by atoms with E-state index in [0.29, 0.717) is 13.2 Å². The number of rotatable bonds is 1. The minimum atomic E-state index is -0.793. The molecule has 1 aliphatic rings. The number of hydrogen-bond acceptors (Lipinski definition) is 3. The van der Waals surface area contributed by atoms with E-state index in [2.05, 4.69) is 5.32 Å². The second kappa shape index (κ2) is 2.56. The van der Waals surface area contributed by atoms with Crippen molar-refractivity contribution in [1.29, 1.82) is 0 Å². The smallest absolute Gasteiger partial charge is 0.250 e. The SMILES string of the molecule is C[C@@]1(C(N)=O)CNCCO1. The summed E-state index contributed by atoms with van der Waals surface area (Å²) in [7, 11) is 0. The highest BCUT2D eigenvalue weighted by atomic mass is 16.5. The number of ether oxygens (including phenoxy) is 1. The van der Waals surface area contributed by atoms with Gasteiger partial charge in [0.25, 0.3) is 5.91 Å². The molecule has 0 saturated carbocycles. The molecule has 4 heteroatoms. The molecular formula is C6H12N2O2. The molecule has 0 unspecified atom stereocenters. The van der Waals surface area contributed by atoms with Crippen LogP contribution in [0.4, 0.5) is 0 Å². The Hall–Kier alpha value is -0.610. The van der Waals surface area contributed by atoms with Crippen LogP contribution in [0.1, 0.15) is 6.92 Å². The van der Waals surface area contributed by atoms with Crippen molar-refractivity contribution in [1.82, 2.24) is 5.32 Å². The van der Waals surface area contributed by atoms with Crippen molar-refractivity contribution < 1.29 is 9.53 Å². The molecule has 58 valence electrons. The minimum Gasteiger partial charge on any atom is -0.367 e. The van der Waals surface area contributed by atoms with E-state index in [1.807, 2.05) is 0 Å². The van der Waals surface area contributed by atoms with Crippen LogP contribution in [0.5, 0.6) is 0 Å². The van der Waals surface area contributed by atoms with Crippen LogP contribution in [0.3, 0.4) is 0 Å². The molecule has 1 atom stereocenters. The third-order valence-electron chi connectivity index (χ3n) is 1.68. The minimum absolute atomic E-state index is 0.403. The van der Waals surface area contributed by atoms with Gasteiger partial charge in [-0.25, -0.2) is 0 Å². The maximum Gasteiger partial charge on any atom is 0.250 e. The summed E-state index contributed by atoms with van der Waals surface area (Å²) in [4.78, 5) is 10.7. The first-order valence-corrected chi connectivity index (χ1v) is 3.30. The van der Waals surface area contributed by atoms with Crippen LogP contribution in [-0.4, -0.2) is 31.2 Å². The Labute approximate surface area is 59.7 Å². The fourth-order valence-corrected chi connectivity index (χ4v) is 0.885. The standard InChI is InChI=1S/C6H12N2O2/c1-6(5(7)9)4-8-2-3-10-6/h8H,2-4H2,1H3,(H2,7,9)/t6-/m0/s1. The van der Waals surface area contributed by atoms with Crippen LogP contribution in [0.2, 0.25) is 0 Å². The van der Waals surface area contributed by atoms with Crippen molar-refractivity contribution >= 4 is 5.91 Å². The molecule has 0 aromatic carbocycles. The summed E-state index contributed by atoms with van der Waals surface area (Å²) in [6, 6.07) is 0. The van der Waals surface area contributed by atoms with Gasteiger partial charge in [-0.05, 0) is 6.92 Å². The largest absolute Gasteiger partial charge is 0.367 e. The van der Waals surface area contributed by atoms with Gasteiger partial charge in [0.05, 0.1) is 6.61 Å². The molecule has 1 rings (SSSR count). The molecule has 0 bridgehead atoms. The first-order chi connectivity index (χ1) is 4.65. The lowest BCUT2D eigenvalue weighted by Gasteiger charge is -2.30. The second-order valence-electron chi connectivity index (χ2n) is 2.62. The number of morpholine rings is 1. The second-order valence-corrected chi connectivity index (χ2v) is 2.62. The van der Waals surface area contributed by atoms with Crippen molar-refractivity contribution in [2.45, 2.75) is 12.5 Å². The topological polar surface area (TPSA) is 64.4 Å². The van der Waals surface area contributed by atoms with Crippen LogP contribution in [0.25, 0.3) is 0 Å². The van der Waals surface area contributed by atoms with Gasteiger partial charge in [0.2, 0.25) is 0 Å². The molecule has 1 saturated heterocycles. The van der Waals surface area contributed by atoms with Crippen LogP contribution in [0.15, 0.2) is 0 Å². The summed E-state index contributed by atoms with van der Waals surface area (Å²) in [6.45, 7) is 3.56. The van der Waals surface area contributed by atoms with Gasteiger partial charge >= 0.3 is 0 Å². The molecule has 0 aromatic heterocycles. The summed E-state index contributed by atoms with van der Waals surface area (Å²) in [5.74, 6) is -0.403. The highest BCUT2D eigenvalue weighted by Crippen LogP contribution is 2.10. The van der Waals surface area contributed by atoms with Gasteiger partial charge in [-0.15, -0.1) is 0 Å². The normalized spacial score (nSPS) is 33.7. The summed E-state index contributed by atoms with van der Waals surface area (Å²) in [6.07, 6.45) is 0. The maximum absolute atomic E-state index is 10.7. The Balaban J connectivity index is 2.56. The van der Waals surface area contributed by atoms with Crippen LogP contribution < -0.4 is 11.1 Å². The summed E-state index contributed by atoms with van der Waals surface area (Å²) in [5.41, 5.74) is 4.30. The van der Waals surface area contributed by atoms with Crippen molar-refractivity contribution in [3.05, 3.63) is 0 Å². The molecule has 1 fully saturated rings. The summed E-state index contributed by atoms with van der Waals surface area (Å²) in [5, 5.41) is 3.03. The van der Waals surface area contributed by atoms with Crippen LogP contribution in [-0.2, 0) is 9.53 Å². The molecule has 1 aliphatic heterocycles. The molecule has 0 spiro atoms. The molecule has 0 aliphatic carbocycles. The molecular weight excluding hydrogens is 132 g/mol. The number of carbonyl (C=O) groups excluding carboxylic acids is 1. The first kappa shape index (κ1) is 7.50. The average molecular weight is 144 g/mol. The highest BCUT2D eigenvalue weighted by Gasteiger charge is 2.33. The van der Waals surface area contributed by atoms with E-state index in [1.54, 1.807) is 6.92 Å². The average Bonchev–Trinajstić information content (AvgIpc) is 1.89. The summed E-state index contributed by atoms with van der Waals surface area (Å²) >= 11 is 0. The fourth-order valence-electron chi connectivity index (χ4n) is 0.885. The van der Waals surface area contributed by atoms with Gasteiger partial charge < -0.3 is 15.8 Å². The third-order valence-corrected chi connectivity index (χ3v) is 1.68. The number of amides is 1. The Bertz CT molecular complexity index is 141. The number of carbonyl (C=O) groups is 1. The number of nitrogens with one attached hydrogen (secondary N) is 1. The molecule has 0 radical (unpaired) electrons. The Morgan fingerprint density at radius 3 is 2.80 bits per heavy atom. The van der Waals surface area contributed by atoms with Gasteiger partial charge in [0, 0.05) is 13.1 Å². The lowest BCUT2D eigenvalue weighted by atomic mass is 10.1. The van der Waals surface area contributed by atoms with Crippen molar-refractivity contribution in [2.24, 2.45) is 5.73 Å². The monoisotopic (exact) mass is 144 g/mol. The van der Waals surface area contributed by atoms with E-state index in [0.717, 1.165) is 6.54 Å². The third kappa shape index (κ3) is 1.27. The molecule has 1 amide bonds. The van der Waals surface area contributed by atoms with Gasteiger partial charge in [-0.1, -0.05) is 0 Å². The maximum atomic E-state index is 10.7. The Morgan fingerprint density at radius 2 is 2.50 bits per heavy atom. The van der Waals surface area contributed by atoms with Gasteiger partial charge in [0.15, 0.2) is 5.60 Å². The molecule has 10 heavy (non-hydrogen) atoms. The van der Waals surface area contributed by atoms with Crippen molar-refractivity contribution in [3.8, 4) is 0 Å². The van der Waals surface area contributed by atoms with Crippen LogP contribution in [0, 0.1) is 0 Å². The van der Waals surface area contributed by atoms with Gasteiger partial charge in [0.1, 0.15) is 0 Å². The zero-order valence-corrected chi connectivity index (χ0v) is 6.02. The highest BCUT2D eigenvalue weighted by molar-refractivity contribution is 5.83. The van der Waals surface area contributed by atoms with Crippen molar-refractivity contribution in [2.75, 3.05) is 19.7 Å². The predicted molar refractivity (Wildman–Crippen MR) is 36.4 cm³/mol. The Kier molecular flexibility index (Phi) is 1.92. The zero-order valence-electron chi connectivity index (χ0n) is 6.02. The molecule has 4 nitrogen and oxygen atoms in total. The quantitative estimate of drug-likeness (QED) is 0.488.